The summed E-state index contributed by atoms with van der Waals surface area (Å²) in [5, 5.41) is 1.78. The van der Waals surface area contributed by atoms with Crippen LogP contribution >= 0.6 is 0 Å². The molecule has 1 aromatic rings. The highest BCUT2D eigenvalue weighted by molar-refractivity contribution is 5.96. The molecule has 0 unspecified atom stereocenters. The van der Waals surface area contributed by atoms with Crippen molar-refractivity contribution >= 4 is 11.6 Å². The topological polar surface area (TPSA) is 38.3 Å². The Bertz CT molecular complexity index is 393. The molecule has 0 aliphatic rings. The smallest absolute Gasteiger partial charge is 0.335 e. The Labute approximate surface area is 94.4 Å². The summed E-state index contributed by atoms with van der Waals surface area (Å²) in [5.41, 5.74) is 0.0424. The predicted molar refractivity (Wildman–Crippen MR) is 52.0 cm³/mol. The minimum Gasteiger partial charge on any atom is -0.335 e. The number of rotatable bonds is 3. The van der Waals surface area contributed by atoms with E-state index in [-0.39, 0.29) is 5.69 Å². The SMILES string of the molecule is CO[C@@](F)(C(=O)Nc1ccccc1)C(F)(F)F. The molecule has 1 N–H and O–H groups in total. The Morgan fingerprint density at radius 3 is 2.12 bits per heavy atom. The van der Waals surface area contributed by atoms with Crippen molar-refractivity contribution in [3.8, 4) is 0 Å². The second-order valence-electron chi connectivity index (χ2n) is 3.12. The van der Waals surface area contributed by atoms with Gasteiger partial charge < -0.3 is 10.1 Å². The number of amides is 1. The average Bonchev–Trinajstić information content (AvgIpc) is 2.27. The highest BCUT2D eigenvalue weighted by Crippen LogP contribution is 2.35. The van der Waals surface area contributed by atoms with Gasteiger partial charge in [-0.1, -0.05) is 18.2 Å². The minimum atomic E-state index is -5.44. The molecule has 1 amide bonds. The Hall–Kier alpha value is -1.63. The predicted octanol–water partition coefficient (Wildman–Crippen LogP) is 2.50. The van der Waals surface area contributed by atoms with Crippen molar-refractivity contribution in [1.29, 1.82) is 0 Å². The van der Waals surface area contributed by atoms with Crippen LogP contribution in [-0.4, -0.2) is 25.0 Å². The van der Waals surface area contributed by atoms with E-state index in [4.69, 9.17) is 0 Å². The Morgan fingerprint density at radius 1 is 1.18 bits per heavy atom. The number of halogens is 4. The number of carbonyl (C=O) groups excluding carboxylic acids is 1. The van der Waals surface area contributed by atoms with Gasteiger partial charge in [-0.3, -0.25) is 4.79 Å². The van der Waals surface area contributed by atoms with Crippen LogP contribution in [0.25, 0.3) is 0 Å². The first-order valence-electron chi connectivity index (χ1n) is 4.48. The molecular weight excluding hydrogens is 242 g/mol. The van der Waals surface area contributed by atoms with Gasteiger partial charge in [-0.25, -0.2) is 0 Å². The van der Waals surface area contributed by atoms with E-state index in [1.54, 1.807) is 11.4 Å². The van der Waals surface area contributed by atoms with E-state index in [9.17, 15) is 22.4 Å². The zero-order chi connectivity index (χ0) is 13.1. The standard InChI is InChI=1S/C10H9F4NO2/c1-17-9(11,10(12,13)14)8(16)15-7-5-3-2-4-6-7/h2-6H,1H3,(H,15,16)/t9-/m0/s1. The molecule has 0 bridgehead atoms. The summed E-state index contributed by atoms with van der Waals surface area (Å²) < 4.78 is 53.9. The second-order valence-corrected chi connectivity index (χ2v) is 3.12. The van der Waals surface area contributed by atoms with Crippen LogP contribution in [0, 0.1) is 0 Å². The molecule has 0 spiro atoms. The molecule has 7 heteroatoms. The molecule has 0 aromatic heterocycles. The molecule has 0 saturated carbocycles. The molecule has 17 heavy (non-hydrogen) atoms. The average molecular weight is 251 g/mol. The van der Waals surface area contributed by atoms with Crippen LogP contribution in [0.1, 0.15) is 0 Å². The number of methoxy groups -OCH3 is 1. The lowest BCUT2D eigenvalue weighted by atomic mass is 10.2. The molecule has 94 valence electrons. The van der Waals surface area contributed by atoms with Gasteiger partial charge in [-0.2, -0.15) is 17.6 Å². The monoisotopic (exact) mass is 251 g/mol. The summed E-state index contributed by atoms with van der Waals surface area (Å²) in [6, 6.07) is 7.21. The van der Waals surface area contributed by atoms with Crippen LogP contribution in [0.5, 0.6) is 0 Å². The van der Waals surface area contributed by atoms with Gasteiger partial charge in [0.25, 0.3) is 5.91 Å². The highest BCUT2D eigenvalue weighted by atomic mass is 19.4. The lowest BCUT2D eigenvalue weighted by Gasteiger charge is -2.24. The minimum absolute atomic E-state index is 0.0424. The third-order valence-electron chi connectivity index (χ3n) is 1.97. The van der Waals surface area contributed by atoms with Crippen molar-refractivity contribution < 1.29 is 27.1 Å². The van der Waals surface area contributed by atoms with Crippen molar-refractivity contribution in [2.75, 3.05) is 12.4 Å². The van der Waals surface area contributed by atoms with Gasteiger partial charge in [-0.15, -0.1) is 0 Å². The van der Waals surface area contributed by atoms with Crippen LogP contribution in [-0.2, 0) is 9.53 Å². The number of alkyl halides is 4. The van der Waals surface area contributed by atoms with Crippen LogP contribution in [0.3, 0.4) is 0 Å². The van der Waals surface area contributed by atoms with Gasteiger partial charge in [0.15, 0.2) is 0 Å². The number of nitrogens with one attached hydrogen (secondary N) is 1. The summed E-state index contributed by atoms with van der Waals surface area (Å²) in [6.45, 7) is 0. The zero-order valence-corrected chi connectivity index (χ0v) is 8.72. The van der Waals surface area contributed by atoms with Crippen LogP contribution in [0.4, 0.5) is 23.2 Å². The maximum absolute atomic E-state index is 13.3. The summed E-state index contributed by atoms with van der Waals surface area (Å²) in [4.78, 5) is 11.2. The number of hydrogen-bond donors (Lipinski definition) is 1. The highest BCUT2D eigenvalue weighted by Gasteiger charge is 2.63. The first-order chi connectivity index (χ1) is 7.81. The molecule has 1 atom stereocenters. The van der Waals surface area contributed by atoms with Gasteiger partial charge in [0, 0.05) is 12.8 Å². The van der Waals surface area contributed by atoms with Gasteiger partial charge in [0.05, 0.1) is 0 Å². The maximum atomic E-state index is 13.3. The third kappa shape index (κ3) is 2.73. The van der Waals surface area contributed by atoms with Gasteiger partial charge >= 0.3 is 12.0 Å². The van der Waals surface area contributed by atoms with Crippen molar-refractivity contribution in [1.82, 2.24) is 0 Å². The lowest BCUT2D eigenvalue weighted by molar-refractivity contribution is -0.305. The van der Waals surface area contributed by atoms with E-state index in [2.05, 4.69) is 4.74 Å². The van der Waals surface area contributed by atoms with Crippen molar-refractivity contribution in [2.45, 2.75) is 12.0 Å². The fourth-order valence-electron chi connectivity index (χ4n) is 1.07. The molecule has 0 fully saturated rings. The lowest BCUT2D eigenvalue weighted by Crippen LogP contribution is -2.52. The number of anilines is 1. The van der Waals surface area contributed by atoms with E-state index in [1.165, 1.54) is 24.3 Å². The number of hydrogen-bond acceptors (Lipinski definition) is 2. The zero-order valence-electron chi connectivity index (χ0n) is 8.72. The Morgan fingerprint density at radius 2 is 1.71 bits per heavy atom. The van der Waals surface area contributed by atoms with E-state index < -0.39 is 17.9 Å². The van der Waals surface area contributed by atoms with Crippen molar-refractivity contribution in [3.05, 3.63) is 30.3 Å². The number of benzene rings is 1. The normalized spacial score (nSPS) is 15.1. The fourth-order valence-corrected chi connectivity index (χ4v) is 1.07. The summed E-state index contributed by atoms with van der Waals surface area (Å²) in [7, 11) is 0.470. The van der Waals surface area contributed by atoms with Crippen molar-refractivity contribution in [2.24, 2.45) is 0 Å². The van der Waals surface area contributed by atoms with Gasteiger partial charge in [-0.05, 0) is 12.1 Å². The Kier molecular flexibility index (Phi) is 3.72. The number of ether oxygens (including phenoxy) is 1. The molecule has 0 aliphatic carbocycles. The Balaban J connectivity index is 2.89. The molecular formula is C10H9F4NO2. The molecule has 1 aromatic carbocycles. The summed E-state index contributed by atoms with van der Waals surface area (Å²) in [5.74, 6) is -6.28. The number of carbonyl (C=O) groups is 1. The van der Waals surface area contributed by atoms with Crippen LogP contribution < -0.4 is 5.32 Å². The van der Waals surface area contributed by atoms with Gasteiger partial charge in [0.1, 0.15) is 0 Å². The van der Waals surface area contributed by atoms with E-state index in [0.717, 1.165) is 0 Å². The van der Waals surface area contributed by atoms with Gasteiger partial charge in [0.2, 0.25) is 0 Å². The third-order valence-corrected chi connectivity index (χ3v) is 1.97. The number of para-hydroxylation sites is 1. The molecule has 0 radical (unpaired) electrons. The first kappa shape index (κ1) is 13.4. The molecule has 3 nitrogen and oxygen atoms in total. The second kappa shape index (κ2) is 4.70. The first-order valence-corrected chi connectivity index (χ1v) is 4.48. The molecule has 0 heterocycles. The van der Waals surface area contributed by atoms with Crippen LogP contribution in [0.15, 0.2) is 30.3 Å². The van der Waals surface area contributed by atoms with E-state index >= 15 is 0 Å². The summed E-state index contributed by atoms with van der Waals surface area (Å²) >= 11 is 0. The molecule has 1 rings (SSSR count). The van der Waals surface area contributed by atoms with Crippen LogP contribution in [0.2, 0.25) is 0 Å². The largest absolute Gasteiger partial charge is 0.458 e. The quantitative estimate of drug-likeness (QED) is 0.838. The van der Waals surface area contributed by atoms with E-state index in [0.29, 0.717) is 7.11 Å². The fraction of sp³-hybridized carbons (Fsp3) is 0.300. The van der Waals surface area contributed by atoms with E-state index in [1.807, 2.05) is 0 Å². The maximum Gasteiger partial charge on any atom is 0.458 e. The molecule has 0 aliphatic heterocycles. The van der Waals surface area contributed by atoms with Crippen molar-refractivity contribution in [3.63, 3.8) is 0 Å². The summed E-state index contributed by atoms with van der Waals surface area (Å²) in [6.07, 6.45) is -5.44. The molecule has 0 saturated heterocycles.